The second kappa shape index (κ2) is 6.62. The van der Waals surface area contributed by atoms with E-state index in [-0.39, 0.29) is 0 Å². The van der Waals surface area contributed by atoms with E-state index in [0.717, 1.165) is 30.4 Å². The third-order valence-corrected chi connectivity index (χ3v) is 3.70. The van der Waals surface area contributed by atoms with Crippen molar-refractivity contribution in [1.29, 1.82) is 0 Å². The molecular formula is C15H18ClNO2. The van der Waals surface area contributed by atoms with Crippen LogP contribution in [0.3, 0.4) is 0 Å². The van der Waals surface area contributed by atoms with Crippen LogP contribution in [0, 0.1) is 0 Å². The van der Waals surface area contributed by atoms with Crippen LogP contribution < -0.4 is 4.90 Å². The average Bonchev–Trinajstić information content (AvgIpc) is 2.65. The molecule has 0 unspecified atom stereocenters. The maximum Gasteiger partial charge on any atom is 0.328 e. The first kappa shape index (κ1) is 13.9. The molecule has 0 saturated carbocycles. The summed E-state index contributed by atoms with van der Waals surface area (Å²) >= 11 is 6.20. The highest BCUT2D eigenvalue weighted by Crippen LogP contribution is 2.30. The van der Waals surface area contributed by atoms with E-state index in [1.165, 1.54) is 25.7 Å². The zero-order chi connectivity index (χ0) is 13.7. The molecule has 1 heterocycles. The Morgan fingerprint density at radius 1 is 1.21 bits per heavy atom. The summed E-state index contributed by atoms with van der Waals surface area (Å²) in [6.45, 7) is 2.02. The molecule has 1 saturated heterocycles. The van der Waals surface area contributed by atoms with Gasteiger partial charge in [0.25, 0.3) is 0 Å². The van der Waals surface area contributed by atoms with E-state index in [0.29, 0.717) is 5.02 Å². The lowest BCUT2D eigenvalue weighted by atomic mass is 10.1. The van der Waals surface area contributed by atoms with Gasteiger partial charge in [-0.2, -0.15) is 0 Å². The van der Waals surface area contributed by atoms with Gasteiger partial charge in [-0.15, -0.1) is 0 Å². The number of anilines is 1. The Hall–Kier alpha value is -1.48. The van der Waals surface area contributed by atoms with Crippen molar-refractivity contribution in [3.63, 3.8) is 0 Å². The van der Waals surface area contributed by atoms with Crippen molar-refractivity contribution >= 4 is 29.3 Å². The summed E-state index contributed by atoms with van der Waals surface area (Å²) in [7, 11) is 0. The van der Waals surface area contributed by atoms with Crippen LogP contribution in [-0.4, -0.2) is 24.2 Å². The lowest BCUT2D eigenvalue weighted by Gasteiger charge is -2.25. The maximum atomic E-state index is 10.7. The van der Waals surface area contributed by atoms with E-state index in [4.69, 9.17) is 16.7 Å². The molecule has 0 atom stereocenters. The van der Waals surface area contributed by atoms with Gasteiger partial charge in [-0.05, 0) is 31.1 Å². The second-order valence-electron chi connectivity index (χ2n) is 4.75. The van der Waals surface area contributed by atoms with Crippen LogP contribution in [0.4, 0.5) is 5.69 Å². The number of carboxylic acid groups (broad SMARTS) is 1. The van der Waals surface area contributed by atoms with Crippen molar-refractivity contribution in [2.45, 2.75) is 25.7 Å². The molecule has 19 heavy (non-hydrogen) atoms. The highest BCUT2D eigenvalue weighted by Gasteiger charge is 2.14. The fraction of sp³-hybridized carbons (Fsp3) is 0.400. The van der Waals surface area contributed by atoms with Gasteiger partial charge in [0.05, 0.1) is 0 Å². The molecule has 4 heteroatoms. The number of nitrogens with zero attached hydrogens (tertiary/aromatic N) is 1. The summed E-state index contributed by atoms with van der Waals surface area (Å²) in [5, 5.41) is 9.36. The van der Waals surface area contributed by atoms with Crippen molar-refractivity contribution in [3.05, 3.63) is 34.9 Å². The number of hydrogen-bond acceptors (Lipinski definition) is 2. The first-order chi connectivity index (χ1) is 9.18. The normalized spacial score (nSPS) is 16.6. The predicted octanol–water partition coefficient (Wildman–Crippen LogP) is 3.82. The van der Waals surface area contributed by atoms with Crippen LogP contribution in [0.25, 0.3) is 6.08 Å². The number of hydrogen-bond donors (Lipinski definition) is 1. The van der Waals surface area contributed by atoms with Crippen LogP contribution in [0.2, 0.25) is 5.02 Å². The Morgan fingerprint density at radius 3 is 2.53 bits per heavy atom. The van der Waals surface area contributed by atoms with Gasteiger partial charge in [-0.25, -0.2) is 4.79 Å². The smallest absolute Gasteiger partial charge is 0.328 e. The van der Waals surface area contributed by atoms with Crippen molar-refractivity contribution in [2.75, 3.05) is 18.0 Å². The van der Waals surface area contributed by atoms with Crippen molar-refractivity contribution < 1.29 is 9.90 Å². The van der Waals surface area contributed by atoms with E-state index >= 15 is 0 Å². The predicted molar refractivity (Wildman–Crippen MR) is 78.8 cm³/mol. The molecule has 0 radical (unpaired) electrons. The third kappa shape index (κ3) is 3.74. The first-order valence-corrected chi connectivity index (χ1v) is 7.01. The Bertz CT molecular complexity index is 477. The Labute approximate surface area is 118 Å². The molecule has 0 spiro atoms. The fourth-order valence-corrected chi connectivity index (χ4v) is 2.67. The molecule has 3 nitrogen and oxygen atoms in total. The van der Waals surface area contributed by atoms with E-state index in [2.05, 4.69) is 4.90 Å². The first-order valence-electron chi connectivity index (χ1n) is 6.63. The van der Waals surface area contributed by atoms with Crippen LogP contribution in [-0.2, 0) is 4.79 Å². The lowest BCUT2D eigenvalue weighted by molar-refractivity contribution is -0.131. The molecule has 1 fully saturated rings. The molecule has 2 rings (SSSR count). The van der Waals surface area contributed by atoms with Gasteiger partial charge >= 0.3 is 5.97 Å². The number of aliphatic carboxylic acids is 1. The molecule has 102 valence electrons. The van der Waals surface area contributed by atoms with E-state index in [1.807, 2.05) is 12.1 Å². The second-order valence-corrected chi connectivity index (χ2v) is 5.15. The Kier molecular flexibility index (Phi) is 4.86. The molecular weight excluding hydrogens is 262 g/mol. The van der Waals surface area contributed by atoms with Gasteiger partial charge < -0.3 is 10.0 Å². The minimum atomic E-state index is -0.957. The highest BCUT2D eigenvalue weighted by molar-refractivity contribution is 6.32. The van der Waals surface area contributed by atoms with E-state index in [1.54, 1.807) is 12.1 Å². The molecule has 1 aliphatic rings. The number of carbonyl (C=O) groups is 1. The number of halogens is 1. The van der Waals surface area contributed by atoms with Gasteiger partial charge in [0.1, 0.15) is 0 Å². The van der Waals surface area contributed by atoms with Crippen molar-refractivity contribution in [1.82, 2.24) is 0 Å². The summed E-state index contributed by atoms with van der Waals surface area (Å²) in [6, 6.07) is 5.73. The Morgan fingerprint density at radius 2 is 1.89 bits per heavy atom. The van der Waals surface area contributed by atoms with Crippen molar-refractivity contribution in [2.24, 2.45) is 0 Å². The van der Waals surface area contributed by atoms with Gasteiger partial charge in [0.15, 0.2) is 0 Å². The molecule has 1 aliphatic heterocycles. The topological polar surface area (TPSA) is 40.5 Å². The minimum absolute atomic E-state index is 0.597. The largest absolute Gasteiger partial charge is 0.478 e. The fourth-order valence-electron chi connectivity index (χ4n) is 2.43. The highest BCUT2D eigenvalue weighted by atomic mass is 35.5. The SMILES string of the molecule is O=C(O)/C=C/c1c(Cl)cccc1N1CCCCCC1. The van der Waals surface area contributed by atoms with E-state index in [9.17, 15) is 4.79 Å². The van der Waals surface area contributed by atoms with Crippen LogP contribution in [0.15, 0.2) is 24.3 Å². The zero-order valence-corrected chi connectivity index (χ0v) is 11.6. The van der Waals surface area contributed by atoms with Crippen LogP contribution >= 0.6 is 11.6 Å². The van der Waals surface area contributed by atoms with Gasteiger partial charge in [0.2, 0.25) is 0 Å². The monoisotopic (exact) mass is 279 g/mol. The summed E-state index contributed by atoms with van der Waals surface area (Å²) in [6.07, 6.45) is 7.60. The molecule has 0 amide bonds. The minimum Gasteiger partial charge on any atom is -0.478 e. The van der Waals surface area contributed by atoms with Gasteiger partial charge in [0, 0.05) is 35.4 Å². The average molecular weight is 280 g/mol. The summed E-state index contributed by atoms with van der Waals surface area (Å²) in [5.41, 5.74) is 1.83. The molecule has 0 bridgehead atoms. The standard InChI is InChI=1S/C15H18ClNO2/c16-13-6-5-7-14(12(13)8-9-15(18)19)17-10-3-1-2-4-11-17/h5-9H,1-4,10-11H2,(H,18,19)/b9-8+. The molecule has 1 aromatic rings. The Balaban J connectivity index is 2.32. The van der Waals surface area contributed by atoms with E-state index < -0.39 is 5.97 Å². The van der Waals surface area contributed by atoms with Crippen molar-refractivity contribution in [3.8, 4) is 0 Å². The quantitative estimate of drug-likeness (QED) is 0.855. The third-order valence-electron chi connectivity index (χ3n) is 3.37. The summed E-state index contributed by atoms with van der Waals surface area (Å²) < 4.78 is 0. The molecule has 0 aromatic heterocycles. The number of benzene rings is 1. The van der Waals surface area contributed by atoms with Crippen LogP contribution in [0.5, 0.6) is 0 Å². The number of carboxylic acids is 1. The van der Waals surface area contributed by atoms with Crippen LogP contribution in [0.1, 0.15) is 31.2 Å². The molecule has 1 N–H and O–H groups in total. The molecule has 1 aromatic carbocycles. The van der Waals surface area contributed by atoms with Gasteiger partial charge in [-0.1, -0.05) is 30.5 Å². The lowest BCUT2D eigenvalue weighted by Crippen LogP contribution is -2.24. The summed E-state index contributed by atoms with van der Waals surface area (Å²) in [5.74, 6) is -0.957. The molecule has 0 aliphatic carbocycles. The maximum absolute atomic E-state index is 10.7. The zero-order valence-electron chi connectivity index (χ0n) is 10.8. The number of rotatable bonds is 3. The van der Waals surface area contributed by atoms with Gasteiger partial charge in [-0.3, -0.25) is 0 Å². The summed E-state index contributed by atoms with van der Waals surface area (Å²) in [4.78, 5) is 13.0.